The van der Waals surface area contributed by atoms with E-state index in [1.807, 2.05) is 18.2 Å². The van der Waals surface area contributed by atoms with Crippen molar-refractivity contribution >= 4 is 23.3 Å². The molecular formula is C21H23NO4. The summed E-state index contributed by atoms with van der Waals surface area (Å²) in [7, 11) is 0. The molecule has 0 heterocycles. The Hall–Kier alpha value is -2.95. The molecule has 0 spiro atoms. The monoisotopic (exact) mass is 353 g/mol. The number of amides is 1. The molecule has 5 nitrogen and oxygen atoms in total. The fraction of sp³-hybridized carbons (Fsp3) is 0.286. The number of ketones is 1. The first-order valence-corrected chi connectivity index (χ1v) is 8.71. The molecule has 2 aromatic rings. The summed E-state index contributed by atoms with van der Waals surface area (Å²) in [5.74, 6) is -1.09. The Balaban J connectivity index is 1.70. The first-order valence-electron chi connectivity index (χ1n) is 8.71. The van der Waals surface area contributed by atoms with E-state index in [4.69, 9.17) is 4.74 Å². The molecule has 0 saturated carbocycles. The topological polar surface area (TPSA) is 72.5 Å². The number of esters is 1. The Kier molecular flexibility index (Phi) is 7.55. The molecule has 2 rings (SSSR count). The first kappa shape index (κ1) is 19.4. The number of ether oxygens (including phenoxy) is 1. The molecule has 0 fully saturated rings. The van der Waals surface area contributed by atoms with E-state index in [2.05, 4.69) is 12.2 Å². The van der Waals surface area contributed by atoms with Crippen molar-refractivity contribution in [3.05, 3.63) is 65.7 Å². The molecule has 26 heavy (non-hydrogen) atoms. The largest absolute Gasteiger partial charge is 0.456 e. The van der Waals surface area contributed by atoms with Crippen LogP contribution in [0.5, 0.6) is 0 Å². The lowest BCUT2D eigenvalue weighted by atomic mass is 10.0. The molecule has 0 atom stereocenters. The number of carbonyl (C=O) groups excluding carboxylic acids is 3. The van der Waals surface area contributed by atoms with Crippen LogP contribution in [0.4, 0.5) is 5.69 Å². The van der Waals surface area contributed by atoms with Crippen LogP contribution in [-0.4, -0.2) is 24.3 Å². The fourth-order valence-electron chi connectivity index (χ4n) is 2.44. The number of anilines is 1. The zero-order chi connectivity index (χ0) is 18.8. The summed E-state index contributed by atoms with van der Waals surface area (Å²) in [5, 5.41) is 2.62. The van der Waals surface area contributed by atoms with Gasteiger partial charge in [-0.15, -0.1) is 0 Å². The zero-order valence-electron chi connectivity index (χ0n) is 14.9. The van der Waals surface area contributed by atoms with Gasteiger partial charge in [0.1, 0.15) is 0 Å². The number of carbonyl (C=O) groups is 3. The molecule has 0 saturated heterocycles. The molecule has 2 aromatic carbocycles. The second-order valence-electron chi connectivity index (χ2n) is 5.94. The van der Waals surface area contributed by atoms with E-state index in [1.54, 1.807) is 36.4 Å². The minimum absolute atomic E-state index is 0.0475. The van der Waals surface area contributed by atoms with Crippen LogP contribution < -0.4 is 5.32 Å². The number of aryl methyl sites for hydroxylation is 1. The van der Waals surface area contributed by atoms with E-state index >= 15 is 0 Å². The van der Waals surface area contributed by atoms with Crippen LogP contribution in [-0.2, 0) is 20.7 Å². The molecule has 1 amide bonds. The van der Waals surface area contributed by atoms with Crippen molar-refractivity contribution in [3.8, 4) is 0 Å². The molecule has 5 heteroatoms. The number of para-hydroxylation sites is 1. The Morgan fingerprint density at radius 1 is 0.923 bits per heavy atom. The molecule has 0 aliphatic carbocycles. The van der Waals surface area contributed by atoms with Crippen LogP contribution in [0.15, 0.2) is 54.6 Å². The maximum atomic E-state index is 12.1. The summed E-state index contributed by atoms with van der Waals surface area (Å²) < 4.78 is 4.91. The molecule has 1 N–H and O–H groups in total. The predicted octanol–water partition coefficient (Wildman–Crippen LogP) is 3.78. The Labute approximate surface area is 153 Å². The van der Waals surface area contributed by atoms with E-state index in [-0.39, 0.29) is 25.2 Å². The van der Waals surface area contributed by atoms with Gasteiger partial charge in [-0.1, -0.05) is 55.8 Å². The molecule has 0 aromatic heterocycles. The molecule has 136 valence electrons. The summed E-state index contributed by atoms with van der Waals surface area (Å²) in [4.78, 5) is 35.5. The molecule has 0 aliphatic rings. The van der Waals surface area contributed by atoms with Crippen LogP contribution >= 0.6 is 0 Å². The van der Waals surface area contributed by atoms with Gasteiger partial charge in [0.2, 0.25) is 0 Å². The fourth-order valence-corrected chi connectivity index (χ4v) is 2.44. The van der Waals surface area contributed by atoms with E-state index in [0.717, 1.165) is 12.8 Å². The lowest BCUT2D eigenvalue weighted by Crippen LogP contribution is -2.21. The summed E-state index contributed by atoms with van der Waals surface area (Å²) in [5.41, 5.74) is 2.41. The van der Waals surface area contributed by atoms with Gasteiger partial charge in [0.25, 0.3) is 5.91 Å². The number of nitrogens with one attached hydrogen (secondary N) is 1. The van der Waals surface area contributed by atoms with Crippen molar-refractivity contribution < 1.29 is 19.1 Å². The van der Waals surface area contributed by atoms with Gasteiger partial charge in [0, 0.05) is 17.7 Å². The van der Waals surface area contributed by atoms with Gasteiger partial charge in [-0.25, -0.2) is 0 Å². The van der Waals surface area contributed by atoms with E-state index < -0.39 is 11.9 Å². The van der Waals surface area contributed by atoms with Crippen molar-refractivity contribution in [2.24, 2.45) is 0 Å². The Morgan fingerprint density at radius 3 is 2.27 bits per heavy atom. The van der Waals surface area contributed by atoms with E-state index in [0.29, 0.717) is 11.3 Å². The summed E-state index contributed by atoms with van der Waals surface area (Å²) in [6.45, 7) is 1.73. The maximum Gasteiger partial charge on any atom is 0.306 e. The molecule has 0 aliphatic heterocycles. The molecule has 0 bridgehead atoms. The number of hydrogen-bond acceptors (Lipinski definition) is 4. The number of hydrogen-bond donors (Lipinski definition) is 1. The van der Waals surface area contributed by atoms with Crippen molar-refractivity contribution in [2.45, 2.75) is 32.6 Å². The third-order valence-electron chi connectivity index (χ3n) is 3.79. The summed E-state index contributed by atoms with van der Waals surface area (Å²) in [6, 6.07) is 16.3. The van der Waals surface area contributed by atoms with Crippen molar-refractivity contribution in [3.63, 3.8) is 0 Å². The average Bonchev–Trinajstić information content (AvgIpc) is 2.66. The van der Waals surface area contributed by atoms with Gasteiger partial charge in [-0.2, -0.15) is 0 Å². The highest BCUT2D eigenvalue weighted by Gasteiger charge is 2.12. The minimum atomic E-state index is -0.566. The van der Waals surface area contributed by atoms with Gasteiger partial charge in [-0.3, -0.25) is 14.4 Å². The van der Waals surface area contributed by atoms with E-state index in [9.17, 15) is 14.4 Å². The highest BCUT2D eigenvalue weighted by atomic mass is 16.5. The SMILES string of the molecule is CCCc1ccc(C(=O)CCC(=O)OCC(=O)Nc2ccccc2)cc1. The second kappa shape index (κ2) is 10.1. The van der Waals surface area contributed by atoms with Crippen molar-refractivity contribution in [1.82, 2.24) is 0 Å². The van der Waals surface area contributed by atoms with Gasteiger partial charge in [-0.05, 0) is 24.1 Å². The third kappa shape index (κ3) is 6.51. The number of rotatable bonds is 9. The van der Waals surface area contributed by atoms with E-state index in [1.165, 1.54) is 5.56 Å². The second-order valence-corrected chi connectivity index (χ2v) is 5.94. The number of Topliss-reactive ketones (excluding diaryl/α,β-unsaturated/α-hetero) is 1. The van der Waals surface area contributed by atoms with Crippen molar-refractivity contribution in [1.29, 1.82) is 0 Å². The van der Waals surface area contributed by atoms with Crippen molar-refractivity contribution in [2.75, 3.05) is 11.9 Å². The van der Waals surface area contributed by atoms with Gasteiger partial charge < -0.3 is 10.1 Å². The zero-order valence-corrected chi connectivity index (χ0v) is 14.9. The van der Waals surface area contributed by atoms with Crippen LogP contribution in [0.2, 0.25) is 0 Å². The standard InChI is InChI=1S/C21H23NO4/c1-2-6-16-9-11-17(12-10-16)19(23)13-14-21(25)26-15-20(24)22-18-7-4-3-5-8-18/h3-5,7-12H,2,6,13-15H2,1H3,(H,22,24). The quantitative estimate of drug-likeness (QED) is 0.550. The number of benzene rings is 2. The van der Waals surface area contributed by atoms with Gasteiger partial charge in [0.05, 0.1) is 6.42 Å². The molecule has 0 radical (unpaired) electrons. The van der Waals surface area contributed by atoms with Crippen LogP contribution in [0, 0.1) is 0 Å². The smallest absolute Gasteiger partial charge is 0.306 e. The van der Waals surface area contributed by atoms with Crippen LogP contribution in [0.25, 0.3) is 0 Å². The van der Waals surface area contributed by atoms with Gasteiger partial charge in [0.15, 0.2) is 12.4 Å². The Morgan fingerprint density at radius 2 is 1.62 bits per heavy atom. The highest BCUT2D eigenvalue weighted by Crippen LogP contribution is 2.10. The first-order chi connectivity index (χ1) is 12.6. The summed E-state index contributed by atoms with van der Waals surface area (Å²) >= 11 is 0. The third-order valence-corrected chi connectivity index (χ3v) is 3.79. The normalized spacial score (nSPS) is 10.2. The van der Waals surface area contributed by atoms with Crippen LogP contribution in [0.1, 0.15) is 42.1 Å². The minimum Gasteiger partial charge on any atom is -0.456 e. The highest BCUT2D eigenvalue weighted by molar-refractivity contribution is 5.98. The lowest BCUT2D eigenvalue weighted by molar-refractivity contribution is -0.147. The summed E-state index contributed by atoms with van der Waals surface area (Å²) in [6.07, 6.45) is 2.04. The molecular weight excluding hydrogens is 330 g/mol. The van der Waals surface area contributed by atoms with Crippen LogP contribution in [0.3, 0.4) is 0 Å². The maximum absolute atomic E-state index is 12.1. The lowest BCUT2D eigenvalue weighted by Gasteiger charge is -2.06. The average molecular weight is 353 g/mol. The Bertz CT molecular complexity index is 738. The molecule has 0 unspecified atom stereocenters. The predicted molar refractivity (Wildman–Crippen MR) is 100 cm³/mol. The van der Waals surface area contributed by atoms with Gasteiger partial charge >= 0.3 is 5.97 Å².